The molecule has 1 amide bonds. The summed E-state index contributed by atoms with van der Waals surface area (Å²) in [7, 11) is 1.50. The van der Waals surface area contributed by atoms with Crippen LogP contribution in [0.5, 0.6) is 5.75 Å². The quantitative estimate of drug-likeness (QED) is 0.325. The number of nitrogens with zero attached hydrogens (tertiary/aromatic N) is 1. The number of carbonyl (C=O) groups excluding carboxylic acids is 2. The lowest BCUT2D eigenvalue weighted by atomic mass is 9.95. The molecule has 0 radical (unpaired) electrons. The molecular weight excluding hydrogens is 453 g/mol. The van der Waals surface area contributed by atoms with Crippen LogP contribution in [0.15, 0.2) is 48.0 Å². The topological polar surface area (TPSA) is 76.1 Å². The number of amides is 1. The molecular formula is C24H25Cl2NO5. The van der Waals surface area contributed by atoms with E-state index >= 15 is 0 Å². The number of methoxy groups -OCH3 is 1. The third kappa shape index (κ3) is 5.09. The highest BCUT2D eigenvalue weighted by Gasteiger charge is 2.46. The third-order valence-corrected chi connectivity index (χ3v) is 5.61. The Labute approximate surface area is 197 Å². The number of halogens is 2. The Kier molecular flexibility index (Phi) is 7.82. The van der Waals surface area contributed by atoms with Crippen molar-refractivity contribution in [2.75, 3.05) is 26.9 Å². The summed E-state index contributed by atoms with van der Waals surface area (Å²) in [6.07, 6.45) is 0. The van der Waals surface area contributed by atoms with E-state index in [1.54, 1.807) is 36.4 Å². The monoisotopic (exact) mass is 477 g/mol. The van der Waals surface area contributed by atoms with Gasteiger partial charge in [0.25, 0.3) is 11.7 Å². The molecule has 0 bridgehead atoms. The van der Waals surface area contributed by atoms with Crippen molar-refractivity contribution in [3.63, 3.8) is 0 Å². The van der Waals surface area contributed by atoms with Gasteiger partial charge in [-0.2, -0.15) is 0 Å². The van der Waals surface area contributed by atoms with Crippen molar-refractivity contribution >= 4 is 40.7 Å². The second-order valence-electron chi connectivity index (χ2n) is 7.88. The fourth-order valence-corrected chi connectivity index (χ4v) is 3.99. The van der Waals surface area contributed by atoms with Gasteiger partial charge >= 0.3 is 0 Å². The van der Waals surface area contributed by atoms with Gasteiger partial charge in [0.15, 0.2) is 0 Å². The first-order valence-corrected chi connectivity index (χ1v) is 11.0. The summed E-state index contributed by atoms with van der Waals surface area (Å²) in [6, 6.07) is 10.7. The maximum absolute atomic E-state index is 13.0. The van der Waals surface area contributed by atoms with Gasteiger partial charge in [-0.3, -0.25) is 9.59 Å². The zero-order chi connectivity index (χ0) is 23.4. The van der Waals surface area contributed by atoms with Crippen LogP contribution in [0.2, 0.25) is 10.0 Å². The normalized spacial score (nSPS) is 17.9. The molecule has 1 fully saturated rings. The molecule has 6 nitrogen and oxygen atoms in total. The molecule has 1 N–H and O–H groups in total. The van der Waals surface area contributed by atoms with Crippen LogP contribution in [0.25, 0.3) is 5.76 Å². The fourth-order valence-electron chi connectivity index (χ4n) is 3.47. The Morgan fingerprint density at radius 3 is 2.41 bits per heavy atom. The minimum Gasteiger partial charge on any atom is -0.507 e. The number of benzene rings is 2. The van der Waals surface area contributed by atoms with Gasteiger partial charge in [0.1, 0.15) is 11.5 Å². The standard InChI is InChI=1S/C24H25Cl2NO5/c1-14(2)13-32-17-7-4-15(5-8-17)22(28)20-21(18-9-6-16(25)12-19(18)26)27(10-11-31-3)24(30)23(20)29/h4-9,12,14,21,28H,10-11,13H2,1-3H3/b22-20+. The van der Waals surface area contributed by atoms with Crippen molar-refractivity contribution in [1.82, 2.24) is 4.90 Å². The van der Waals surface area contributed by atoms with Gasteiger partial charge in [0.05, 0.1) is 24.8 Å². The van der Waals surface area contributed by atoms with Crippen LogP contribution >= 0.6 is 23.2 Å². The molecule has 32 heavy (non-hydrogen) atoms. The summed E-state index contributed by atoms with van der Waals surface area (Å²) < 4.78 is 10.8. The highest BCUT2D eigenvalue weighted by atomic mass is 35.5. The third-order valence-electron chi connectivity index (χ3n) is 5.04. The van der Waals surface area contributed by atoms with E-state index in [-0.39, 0.29) is 29.5 Å². The molecule has 1 unspecified atom stereocenters. The first-order chi connectivity index (χ1) is 15.2. The number of rotatable bonds is 8. The Balaban J connectivity index is 2.06. The maximum Gasteiger partial charge on any atom is 0.295 e. The second-order valence-corrected chi connectivity index (χ2v) is 8.72. The van der Waals surface area contributed by atoms with Gasteiger partial charge in [0, 0.05) is 29.3 Å². The zero-order valence-electron chi connectivity index (χ0n) is 18.1. The number of Topliss-reactive ketones (excluding diaryl/α,β-unsaturated/α-hetero) is 1. The van der Waals surface area contributed by atoms with E-state index in [4.69, 9.17) is 32.7 Å². The molecule has 0 spiro atoms. The van der Waals surface area contributed by atoms with E-state index in [0.29, 0.717) is 34.4 Å². The Bertz CT molecular complexity index is 1030. The number of hydrogen-bond acceptors (Lipinski definition) is 5. The Morgan fingerprint density at radius 2 is 1.81 bits per heavy atom. The van der Waals surface area contributed by atoms with Crippen molar-refractivity contribution in [2.24, 2.45) is 5.92 Å². The van der Waals surface area contributed by atoms with Gasteiger partial charge in [0.2, 0.25) is 0 Å². The number of aliphatic hydroxyl groups excluding tert-OH is 1. The zero-order valence-corrected chi connectivity index (χ0v) is 19.6. The van der Waals surface area contributed by atoms with Crippen LogP contribution in [-0.2, 0) is 14.3 Å². The van der Waals surface area contributed by atoms with Crippen LogP contribution in [0.1, 0.15) is 31.0 Å². The van der Waals surface area contributed by atoms with Crippen molar-refractivity contribution in [3.8, 4) is 5.75 Å². The van der Waals surface area contributed by atoms with Crippen LogP contribution < -0.4 is 4.74 Å². The molecule has 2 aromatic carbocycles. The summed E-state index contributed by atoms with van der Waals surface area (Å²) in [5.74, 6) is -0.774. The summed E-state index contributed by atoms with van der Waals surface area (Å²) in [6.45, 7) is 5.03. The number of ether oxygens (including phenoxy) is 2. The van der Waals surface area contributed by atoms with E-state index in [2.05, 4.69) is 0 Å². The van der Waals surface area contributed by atoms with Crippen molar-refractivity contribution in [1.29, 1.82) is 0 Å². The number of likely N-dealkylation sites (tertiary alicyclic amines) is 1. The van der Waals surface area contributed by atoms with E-state index in [1.807, 2.05) is 13.8 Å². The Morgan fingerprint density at radius 1 is 1.12 bits per heavy atom. The van der Waals surface area contributed by atoms with Crippen LogP contribution in [-0.4, -0.2) is 48.6 Å². The largest absolute Gasteiger partial charge is 0.507 e. The average Bonchev–Trinajstić information content (AvgIpc) is 3.00. The Hall–Kier alpha value is -2.54. The molecule has 8 heteroatoms. The van der Waals surface area contributed by atoms with Crippen LogP contribution in [0, 0.1) is 5.92 Å². The first kappa shape index (κ1) is 24.1. The van der Waals surface area contributed by atoms with E-state index in [9.17, 15) is 14.7 Å². The molecule has 1 heterocycles. The second kappa shape index (κ2) is 10.4. The number of hydrogen-bond donors (Lipinski definition) is 1. The lowest BCUT2D eigenvalue weighted by Crippen LogP contribution is -2.32. The van der Waals surface area contributed by atoms with Gasteiger partial charge < -0.3 is 19.5 Å². The highest BCUT2D eigenvalue weighted by Crippen LogP contribution is 2.42. The van der Waals surface area contributed by atoms with Gasteiger partial charge in [-0.1, -0.05) is 43.1 Å². The summed E-state index contributed by atoms with van der Waals surface area (Å²) >= 11 is 12.4. The first-order valence-electron chi connectivity index (χ1n) is 10.2. The predicted molar refractivity (Wildman–Crippen MR) is 124 cm³/mol. The molecule has 0 aliphatic carbocycles. The van der Waals surface area contributed by atoms with E-state index in [0.717, 1.165) is 0 Å². The molecule has 1 aliphatic heterocycles. The highest BCUT2D eigenvalue weighted by molar-refractivity contribution is 6.47. The lowest BCUT2D eigenvalue weighted by molar-refractivity contribution is -0.140. The number of ketones is 1. The minimum atomic E-state index is -0.869. The van der Waals surface area contributed by atoms with E-state index in [1.165, 1.54) is 18.1 Å². The molecule has 3 rings (SSSR count). The maximum atomic E-state index is 13.0. The molecule has 1 saturated heterocycles. The minimum absolute atomic E-state index is 0.0359. The molecule has 170 valence electrons. The average molecular weight is 478 g/mol. The summed E-state index contributed by atoms with van der Waals surface area (Å²) in [4.78, 5) is 27.1. The van der Waals surface area contributed by atoms with Crippen LogP contribution in [0.3, 0.4) is 0 Å². The van der Waals surface area contributed by atoms with Gasteiger partial charge in [-0.15, -0.1) is 0 Å². The molecule has 2 aromatic rings. The predicted octanol–water partition coefficient (Wildman–Crippen LogP) is 5.10. The van der Waals surface area contributed by atoms with Crippen LogP contribution in [0.4, 0.5) is 0 Å². The van der Waals surface area contributed by atoms with Crippen molar-refractivity contribution < 1.29 is 24.2 Å². The lowest BCUT2D eigenvalue weighted by Gasteiger charge is -2.25. The molecule has 0 aromatic heterocycles. The molecule has 0 saturated carbocycles. The molecule has 1 aliphatic rings. The summed E-state index contributed by atoms with van der Waals surface area (Å²) in [5, 5.41) is 11.8. The summed E-state index contributed by atoms with van der Waals surface area (Å²) in [5.41, 5.74) is 0.845. The van der Waals surface area contributed by atoms with Crippen molar-refractivity contribution in [3.05, 3.63) is 69.2 Å². The SMILES string of the molecule is COCCN1C(=O)C(=O)/C(=C(/O)c2ccc(OCC(C)C)cc2)C1c1ccc(Cl)cc1Cl. The van der Waals surface area contributed by atoms with Gasteiger partial charge in [-0.25, -0.2) is 0 Å². The fraction of sp³-hybridized carbons (Fsp3) is 0.333. The number of carbonyl (C=O) groups is 2. The van der Waals surface area contributed by atoms with Crippen molar-refractivity contribution in [2.45, 2.75) is 19.9 Å². The molecule has 1 atom stereocenters. The number of aliphatic hydroxyl groups is 1. The van der Waals surface area contributed by atoms with E-state index < -0.39 is 17.7 Å². The van der Waals surface area contributed by atoms with Gasteiger partial charge in [-0.05, 0) is 47.9 Å². The smallest absolute Gasteiger partial charge is 0.295 e.